The Morgan fingerprint density at radius 1 is 1.20 bits per heavy atom. The van der Waals surface area contributed by atoms with E-state index in [9.17, 15) is 16.8 Å². The van der Waals surface area contributed by atoms with Crippen molar-refractivity contribution in [3.05, 3.63) is 24.3 Å². The first-order valence-electron chi connectivity index (χ1n) is 5.57. The summed E-state index contributed by atoms with van der Waals surface area (Å²) in [5, 5.41) is 0. The smallest absolute Gasteiger partial charge is 0.261 e. The van der Waals surface area contributed by atoms with Gasteiger partial charge in [0.25, 0.3) is 9.05 Å². The average Bonchev–Trinajstić information content (AvgIpc) is 2.36. The monoisotopic (exact) mass is 341 g/mol. The van der Waals surface area contributed by atoms with Crippen molar-refractivity contribution >= 4 is 29.8 Å². The molecule has 1 aromatic carbocycles. The highest BCUT2D eigenvalue weighted by Crippen LogP contribution is 2.19. The fourth-order valence-corrected chi connectivity index (χ4v) is 3.33. The number of rotatable bonds is 6. The summed E-state index contributed by atoms with van der Waals surface area (Å²) in [5.41, 5.74) is -0.677. The molecule has 9 heteroatoms. The van der Waals surface area contributed by atoms with Gasteiger partial charge in [-0.05, 0) is 32.0 Å². The molecule has 0 aliphatic rings. The lowest BCUT2D eigenvalue weighted by molar-refractivity contribution is 0.0276. The maximum Gasteiger partial charge on any atom is 0.261 e. The van der Waals surface area contributed by atoms with Crippen molar-refractivity contribution in [2.24, 2.45) is 0 Å². The third-order valence-corrected chi connectivity index (χ3v) is 5.39. The highest BCUT2D eigenvalue weighted by atomic mass is 35.7. The van der Waals surface area contributed by atoms with Crippen LogP contribution in [0.25, 0.3) is 0 Å². The maximum absolute atomic E-state index is 12.1. The number of sulfonamides is 1. The summed E-state index contributed by atoms with van der Waals surface area (Å²) in [7, 11) is -1.16. The van der Waals surface area contributed by atoms with E-state index in [1.54, 1.807) is 13.8 Å². The van der Waals surface area contributed by atoms with E-state index in [0.717, 1.165) is 6.07 Å². The zero-order valence-corrected chi connectivity index (χ0v) is 13.6. The quantitative estimate of drug-likeness (QED) is 0.788. The minimum Gasteiger partial charge on any atom is -0.377 e. The lowest BCUT2D eigenvalue weighted by Gasteiger charge is -2.23. The van der Waals surface area contributed by atoms with Crippen LogP contribution in [-0.4, -0.2) is 36.1 Å². The predicted molar refractivity (Wildman–Crippen MR) is 75.8 cm³/mol. The van der Waals surface area contributed by atoms with Crippen LogP contribution in [0.5, 0.6) is 0 Å². The molecule has 0 amide bonds. The summed E-state index contributed by atoms with van der Waals surface area (Å²) in [4.78, 5) is -0.445. The number of benzene rings is 1. The highest BCUT2D eigenvalue weighted by molar-refractivity contribution is 8.13. The van der Waals surface area contributed by atoms with Crippen molar-refractivity contribution in [1.29, 1.82) is 0 Å². The number of nitrogens with one attached hydrogen (secondary N) is 1. The highest BCUT2D eigenvalue weighted by Gasteiger charge is 2.23. The SMILES string of the molecule is COC(C)(C)CNS(=O)(=O)c1cccc(S(=O)(=O)Cl)c1. The molecule has 20 heavy (non-hydrogen) atoms. The third kappa shape index (κ3) is 4.71. The third-order valence-electron chi connectivity index (χ3n) is 2.64. The number of ether oxygens (including phenoxy) is 1. The van der Waals surface area contributed by atoms with Gasteiger partial charge >= 0.3 is 0 Å². The molecular formula is C11H16ClNO5S2. The van der Waals surface area contributed by atoms with E-state index >= 15 is 0 Å². The molecule has 0 spiro atoms. The number of halogens is 1. The first-order chi connectivity index (χ1) is 8.98. The van der Waals surface area contributed by atoms with Gasteiger partial charge in [0.1, 0.15) is 0 Å². The van der Waals surface area contributed by atoms with E-state index in [-0.39, 0.29) is 16.3 Å². The normalized spacial score (nSPS) is 13.4. The van der Waals surface area contributed by atoms with Gasteiger partial charge in [-0.15, -0.1) is 0 Å². The van der Waals surface area contributed by atoms with E-state index in [1.165, 1.54) is 25.3 Å². The standard InChI is InChI=1S/C11H16ClNO5S2/c1-11(2,18-3)8-13-20(16,17)10-6-4-5-9(7-10)19(12,14)15/h4-7,13H,8H2,1-3H3. The molecule has 0 aliphatic heterocycles. The fourth-order valence-electron chi connectivity index (χ4n) is 1.22. The Kier molecular flexibility index (Phi) is 5.20. The van der Waals surface area contributed by atoms with E-state index in [2.05, 4.69) is 4.72 Å². The van der Waals surface area contributed by atoms with Crippen LogP contribution in [-0.2, 0) is 23.8 Å². The Bertz CT molecular complexity index is 683. The second kappa shape index (κ2) is 5.98. The Labute approximate surface area is 123 Å². The van der Waals surface area contributed by atoms with Crippen LogP contribution in [0.3, 0.4) is 0 Å². The predicted octanol–water partition coefficient (Wildman–Crippen LogP) is 1.32. The molecule has 0 heterocycles. The Morgan fingerprint density at radius 3 is 2.25 bits per heavy atom. The summed E-state index contributed by atoms with van der Waals surface area (Å²) in [6.45, 7) is 3.48. The maximum atomic E-state index is 12.1. The molecule has 0 fully saturated rings. The first kappa shape index (κ1) is 17.4. The Hall–Kier alpha value is -0.670. The first-order valence-corrected chi connectivity index (χ1v) is 9.37. The summed E-state index contributed by atoms with van der Waals surface area (Å²) < 4.78 is 54.0. The Balaban J connectivity index is 3.05. The van der Waals surface area contributed by atoms with Crippen LogP contribution in [0.2, 0.25) is 0 Å². The minimum atomic E-state index is -3.98. The van der Waals surface area contributed by atoms with Crippen LogP contribution in [0, 0.1) is 0 Å². The van der Waals surface area contributed by atoms with Crippen molar-refractivity contribution in [1.82, 2.24) is 4.72 Å². The zero-order chi connectivity index (χ0) is 15.6. The average molecular weight is 342 g/mol. The van der Waals surface area contributed by atoms with Crippen molar-refractivity contribution in [2.75, 3.05) is 13.7 Å². The van der Waals surface area contributed by atoms with Gasteiger partial charge in [0, 0.05) is 24.3 Å². The summed E-state index contributed by atoms with van der Waals surface area (Å²) in [6.07, 6.45) is 0. The van der Waals surface area contributed by atoms with Crippen LogP contribution in [0.15, 0.2) is 34.1 Å². The van der Waals surface area contributed by atoms with E-state index in [1.807, 2.05) is 0 Å². The van der Waals surface area contributed by atoms with Crippen LogP contribution in [0.4, 0.5) is 0 Å². The largest absolute Gasteiger partial charge is 0.377 e. The van der Waals surface area contributed by atoms with E-state index in [0.29, 0.717) is 0 Å². The van der Waals surface area contributed by atoms with Crippen LogP contribution >= 0.6 is 10.7 Å². The molecule has 0 atom stereocenters. The van der Waals surface area contributed by atoms with E-state index < -0.39 is 24.7 Å². The molecule has 6 nitrogen and oxygen atoms in total. The van der Waals surface area contributed by atoms with Crippen molar-refractivity contribution in [3.8, 4) is 0 Å². The molecule has 1 rings (SSSR count). The molecule has 0 saturated heterocycles. The molecule has 1 aromatic rings. The van der Waals surface area contributed by atoms with Crippen LogP contribution < -0.4 is 4.72 Å². The molecule has 1 N–H and O–H groups in total. The van der Waals surface area contributed by atoms with Gasteiger partial charge in [0.05, 0.1) is 15.4 Å². The van der Waals surface area contributed by atoms with Gasteiger partial charge in [-0.3, -0.25) is 0 Å². The zero-order valence-electron chi connectivity index (χ0n) is 11.3. The molecule has 0 bridgehead atoms. The molecule has 0 aromatic heterocycles. The van der Waals surface area contributed by atoms with Gasteiger partial charge in [-0.25, -0.2) is 21.6 Å². The molecule has 0 saturated carbocycles. The van der Waals surface area contributed by atoms with Crippen LogP contribution in [0.1, 0.15) is 13.8 Å². The molecule has 114 valence electrons. The molecule has 0 unspecified atom stereocenters. The lowest BCUT2D eigenvalue weighted by Crippen LogP contribution is -2.39. The molecular weight excluding hydrogens is 326 g/mol. The lowest BCUT2D eigenvalue weighted by atomic mass is 10.1. The summed E-state index contributed by atoms with van der Waals surface area (Å²) in [5.74, 6) is 0. The van der Waals surface area contributed by atoms with Gasteiger partial charge in [0.15, 0.2) is 0 Å². The second-order valence-electron chi connectivity index (χ2n) is 4.70. The van der Waals surface area contributed by atoms with Crippen molar-refractivity contribution in [3.63, 3.8) is 0 Å². The Morgan fingerprint density at radius 2 is 1.75 bits per heavy atom. The fraction of sp³-hybridized carbons (Fsp3) is 0.455. The van der Waals surface area contributed by atoms with E-state index in [4.69, 9.17) is 15.4 Å². The van der Waals surface area contributed by atoms with Crippen molar-refractivity contribution in [2.45, 2.75) is 29.2 Å². The summed E-state index contributed by atoms with van der Waals surface area (Å²) in [6, 6.07) is 4.82. The minimum absolute atomic E-state index is 0.0453. The number of hydrogen-bond acceptors (Lipinski definition) is 5. The van der Waals surface area contributed by atoms with Gasteiger partial charge in [0.2, 0.25) is 10.0 Å². The van der Waals surface area contributed by atoms with Gasteiger partial charge < -0.3 is 4.74 Å². The second-order valence-corrected chi connectivity index (χ2v) is 9.03. The van der Waals surface area contributed by atoms with Gasteiger partial charge in [-0.2, -0.15) is 0 Å². The van der Waals surface area contributed by atoms with Crippen molar-refractivity contribution < 1.29 is 21.6 Å². The number of methoxy groups -OCH3 is 1. The molecule has 0 aliphatic carbocycles. The molecule has 0 radical (unpaired) electrons. The summed E-state index contributed by atoms with van der Waals surface area (Å²) >= 11 is 0. The van der Waals surface area contributed by atoms with Gasteiger partial charge in [-0.1, -0.05) is 6.07 Å². The number of hydrogen-bond donors (Lipinski definition) is 1. The topological polar surface area (TPSA) is 89.5 Å².